The Morgan fingerprint density at radius 1 is 0.750 bits per heavy atom. The lowest BCUT2D eigenvalue weighted by molar-refractivity contribution is -0.137. The van der Waals surface area contributed by atoms with Gasteiger partial charge in [-0.15, -0.1) is 0 Å². The van der Waals surface area contributed by atoms with Crippen LogP contribution < -0.4 is 9.80 Å². The van der Waals surface area contributed by atoms with E-state index in [-0.39, 0.29) is 49.1 Å². The zero-order valence-corrected chi connectivity index (χ0v) is 25.5. The molecule has 0 bridgehead atoms. The van der Waals surface area contributed by atoms with Crippen LogP contribution >= 0.6 is 0 Å². The summed E-state index contributed by atoms with van der Waals surface area (Å²) in [6, 6.07) is 4.78. The molecule has 0 saturated carbocycles. The van der Waals surface area contributed by atoms with Gasteiger partial charge in [-0.2, -0.15) is 12.9 Å². The number of anilines is 1. The lowest BCUT2D eigenvalue weighted by atomic mass is 10.0. The van der Waals surface area contributed by atoms with E-state index < -0.39 is 14.6 Å². The molecule has 0 aromatic heterocycles. The van der Waals surface area contributed by atoms with Gasteiger partial charge in [0, 0.05) is 24.4 Å². The first-order chi connectivity index (χ1) is 19.2. The van der Waals surface area contributed by atoms with Crippen LogP contribution in [-0.2, 0) is 19.7 Å². The number of aromatic hydroxyl groups is 1. The van der Waals surface area contributed by atoms with E-state index >= 15 is 0 Å². The first kappa shape index (κ1) is 34.2. The first-order valence-electron chi connectivity index (χ1n) is 15.7. The second-order valence-electron chi connectivity index (χ2n) is 11.4. The van der Waals surface area contributed by atoms with E-state index in [1.165, 1.54) is 89.5 Å². The van der Waals surface area contributed by atoms with Gasteiger partial charge in [0.25, 0.3) is 10.1 Å². The molecular weight excluding hydrogens is 528 g/mol. The highest BCUT2D eigenvalue weighted by Crippen LogP contribution is 2.40. The van der Waals surface area contributed by atoms with Gasteiger partial charge in [0.05, 0.1) is 25.1 Å². The van der Waals surface area contributed by atoms with Gasteiger partial charge in [-0.1, -0.05) is 96.8 Å². The van der Waals surface area contributed by atoms with E-state index in [0.29, 0.717) is 17.9 Å². The topological polar surface area (TPSA) is 121 Å². The molecule has 8 nitrogen and oxygen atoms in total. The van der Waals surface area contributed by atoms with Crippen molar-refractivity contribution in [1.82, 2.24) is 4.48 Å². The molecule has 1 aliphatic heterocycles. The molecule has 1 heterocycles. The smallest absolute Gasteiger partial charge is 0.326 e. The maximum absolute atomic E-state index is 13.0. The minimum absolute atomic E-state index is 0.125. The zero-order chi connectivity index (χ0) is 29.3. The number of unbranched alkanes of at least 4 members (excludes halogenated alkanes) is 15. The average molecular weight is 582 g/mol. The fraction of sp³-hybridized carbons (Fsp3) is 0.742. The lowest BCUT2D eigenvalue weighted by Crippen LogP contribution is -2.54. The van der Waals surface area contributed by atoms with Crippen LogP contribution in [0.4, 0.5) is 11.4 Å². The van der Waals surface area contributed by atoms with Crippen molar-refractivity contribution in [1.29, 1.82) is 0 Å². The van der Waals surface area contributed by atoms with Crippen molar-refractivity contribution in [2.24, 2.45) is 0 Å². The molecule has 1 saturated heterocycles. The van der Waals surface area contributed by atoms with Gasteiger partial charge in [-0.3, -0.25) is 4.55 Å². The summed E-state index contributed by atoms with van der Waals surface area (Å²) in [7, 11) is -4.02. The van der Waals surface area contributed by atoms with Crippen molar-refractivity contribution in [3.05, 3.63) is 18.2 Å². The molecule has 0 spiro atoms. The number of rotatable bonds is 23. The Morgan fingerprint density at radius 2 is 1.23 bits per heavy atom. The number of nitrogens with zero attached hydrogens (tertiary/aromatic N) is 1. The molecule has 1 fully saturated rings. The third-order valence-corrected chi connectivity index (χ3v) is 8.85. The molecule has 40 heavy (non-hydrogen) atoms. The molecule has 0 atom stereocenters. The molecule has 1 aliphatic rings. The highest BCUT2D eigenvalue weighted by molar-refractivity contribution is 7.85. The summed E-state index contributed by atoms with van der Waals surface area (Å²) < 4.78 is 30.1. The van der Waals surface area contributed by atoms with Crippen molar-refractivity contribution in [2.45, 2.75) is 129 Å². The van der Waals surface area contributed by atoms with E-state index in [4.69, 9.17) is 4.55 Å². The summed E-state index contributed by atoms with van der Waals surface area (Å²) in [6.45, 7) is 2.91. The predicted octanol–water partition coefficient (Wildman–Crippen LogP) is 7.50. The number of carbonyl (C=O) groups excluding carboxylic acids is 2. The summed E-state index contributed by atoms with van der Waals surface area (Å²) in [4.78, 5) is 26.0. The first-order valence-corrected chi connectivity index (χ1v) is 17.3. The molecule has 1 aromatic rings. The molecule has 228 valence electrons. The van der Waals surface area contributed by atoms with E-state index in [2.05, 4.69) is 12.2 Å². The largest absolute Gasteiger partial charge is 0.503 e. The van der Waals surface area contributed by atoms with Crippen LogP contribution in [0.1, 0.15) is 129 Å². The third-order valence-electron chi connectivity index (χ3n) is 8.05. The van der Waals surface area contributed by atoms with E-state index in [1.54, 1.807) is 12.1 Å². The predicted molar refractivity (Wildman–Crippen MR) is 163 cm³/mol. The van der Waals surface area contributed by atoms with Gasteiger partial charge in [-0.05, 0) is 25.3 Å². The Balaban J connectivity index is 1.70. The van der Waals surface area contributed by atoms with E-state index in [0.717, 1.165) is 19.3 Å². The zero-order valence-electron chi connectivity index (χ0n) is 24.7. The summed E-state index contributed by atoms with van der Waals surface area (Å²) in [5.41, 5.74) is 0.869. The van der Waals surface area contributed by atoms with Crippen LogP contribution in [0.15, 0.2) is 18.2 Å². The normalized spacial score (nSPS) is 15.2. The van der Waals surface area contributed by atoms with Gasteiger partial charge in [0.15, 0.2) is 11.4 Å². The van der Waals surface area contributed by atoms with Crippen molar-refractivity contribution in [3.63, 3.8) is 0 Å². The lowest BCUT2D eigenvalue weighted by Gasteiger charge is -2.29. The minimum atomic E-state index is -4.02. The quantitative estimate of drug-likeness (QED) is 0.0529. The number of nitrogens with one attached hydrogen (secondary N) is 1. The number of phenols is 1. The molecule has 1 aromatic carbocycles. The van der Waals surface area contributed by atoms with Gasteiger partial charge in [0.1, 0.15) is 0 Å². The monoisotopic (exact) mass is 581 g/mol. The number of benzene rings is 1. The summed E-state index contributed by atoms with van der Waals surface area (Å²) in [5, 5.41) is 13.8. The second-order valence-corrected chi connectivity index (χ2v) is 13.0. The Bertz CT molecular complexity index is 995. The summed E-state index contributed by atoms with van der Waals surface area (Å²) >= 11 is 0. The summed E-state index contributed by atoms with van der Waals surface area (Å²) in [5.74, 6) is -0.822. The molecule has 0 radical (unpaired) electrons. The van der Waals surface area contributed by atoms with Crippen molar-refractivity contribution in [2.75, 3.05) is 24.2 Å². The standard InChI is InChI=1S/C31H52N2O6S/c1-2-3-4-5-6-7-8-9-10-11-12-13-14-15-16-17-24-33(30(35)21-22-31(33)36)28-20-19-27(26-29(28)34)32-23-18-25-40(37,38)39/h19-20,26,32H,2-18,21-25H2,1H3,(H-,34,37,38,39)/p+1. The Labute approximate surface area is 242 Å². The van der Waals surface area contributed by atoms with Crippen molar-refractivity contribution in [3.8, 4) is 5.75 Å². The van der Waals surface area contributed by atoms with Crippen LogP contribution in [-0.4, -0.2) is 48.7 Å². The minimum Gasteiger partial charge on any atom is -0.503 e. The number of carbonyl (C=O) groups is 2. The molecule has 2 amide bonds. The number of imide groups is 1. The Kier molecular flexibility index (Phi) is 15.8. The molecule has 0 unspecified atom stereocenters. The van der Waals surface area contributed by atoms with E-state index in [9.17, 15) is 23.1 Å². The number of likely N-dealkylation sites (tertiary alicyclic amines) is 1. The molecule has 0 aliphatic carbocycles. The number of hydrogen-bond donors (Lipinski definition) is 3. The van der Waals surface area contributed by atoms with E-state index in [1.807, 2.05) is 0 Å². The fourth-order valence-electron chi connectivity index (χ4n) is 5.71. The summed E-state index contributed by atoms with van der Waals surface area (Å²) in [6.07, 6.45) is 20.6. The maximum Gasteiger partial charge on any atom is 0.326 e. The number of hydrogen-bond acceptors (Lipinski definition) is 6. The number of phenolic OH excluding ortho intramolecular Hbond substituents is 1. The number of amides is 2. The van der Waals surface area contributed by atoms with Crippen LogP contribution in [0.2, 0.25) is 0 Å². The molecule has 2 rings (SSSR count). The van der Waals surface area contributed by atoms with Crippen LogP contribution in [0, 0.1) is 0 Å². The highest BCUT2D eigenvalue weighted by atomic mass is 32.2. The number of quaternary nitrogens is 1. The maximum atomic E-state index is 13.0. The van der Waals surface area contributed by atoms with Crippen molar-refractivity contribution >= 4 is 33.3 Å². The van der Waals surface area contributed by atoms with Crippen LogP contribution in [0.3, 0.4) is 0 Å². The highest BCUT2D eigenvalue weighted by Gasteiger charge is 2.52. The van der Waals surface area contributed by atoms with Gasteiger partial charge in [0.2, 0.25) is 0 Å². The molecular formula is C31H53N2O6S+. The molecule has 9 heteroatoms. The van der Waals surface area contributed by atoms with Gasteiger partial charge < -0.3 is 10.4 Å². The Hall–Kier alpha value is -1.97. The Morgan fingerprint density at radius 3 is 1.68 bits per heavy atom. The van der Waals surface area contributed by atoms with Gasteiger partial charge >= 0.3 is 11.8 Å². The van der Waals surface area contributed by atoms with Crippen LogP contribution in [0.25, 0.3) is 0 Å². The van der Waals surface area contributed by atoms with Crippen LogP contribution in [0.5, 0.6) is 5.75 Å². The van der Waals surface area contributed by atoms with Gasteiger partial charge in [-0.25, -0.2) is 9.59 Å². The van der Waals surface area contributed by atoms with Crippen molar-refractivity contribution < 1.29 is 27.7 Å². The SMILES string of the molecule is CCCCCCCCCCCCCCCCCC[N+]1(c2ccc(NCCCS(=O)(=O)O)cc2O)C(=O)CCC1=O. The third kappa shape index (κ3) is 11.9. The second kappa shape index (κ2) is 18.5. The molecule has 3 N–H and O–H groups in total. The fourth-order valence-corrected chi connectivity index (χ4v) is 6.22. The average Bonchev–Trinajstić information content (AvgIpc) is 3.19.